The molecule has 4 nitrogen and oxygen atoms in total. The van der Waals surface area contributed by atoms with Crippen LogP contribution in [0.15, 0.2) is 156 Å². The molecule has 9 aromatic rings. The van der Waals surface area contributed by atoms with Gasteiger partial charge in [0.05, 0.1) is 28.0 Å². The minimum Gasteiger partial charge on any atom is -0.455 e. The van der Waals surface area contributed by atoms with E-state index >= 15 is 0 Å². The Kier molecular flexibility index (Phi) is 5.78. The first-order chi connectivity index (χ1) is 22.3. The highest BCUT2D eigenvalue weighted by Crippen LogP contribution is 2.41. The SMILES string of the molecule is c1ccc(-c2cc(-c3cccc(-c4nc5ccccc5c5ccc6c7ccccc7oc6c45)c3)nc(-c3ccccc3)n2)cc1. The zero-order valence-electron chi connectivity index (χ0n) is 24.2. The smallest absolute Gasteiger partial charge is 0.160 e. The monoisotopic (exact) mass is 575 g/mol. The van der Waals surface area contributed by atoms with Crippen molar-refractivity contribution in [3.63, 3.8) is 0 Å². The Hall–Kier alpha value is -6.13. The quantitative estimate of drug-likeness (QED) is 0.196. The van der Waals surface area contributed by atoms with Gasteiger partial charge in [0.1, 0.15) is 11.2 Å². The number of fused-ring (bicyclic) bond motifs is 7. The van der Waals surface area contributed by atoms with Crippen LogP contribution in [-0.4, -0.2) is 15.0 Å². The second kappa shape index (κ2) is 10.2. The van der Waals surface area contributed by atoms with Gasteiger partial charge in [0, 0.05) is 38.4 Å². The molecule has 0 fully saturated rings. The number of nitrogens with zero attached hydrogens (tertiary/aromatic N) is 3. The summed E-state index contributed by atoms with van der Waals surface area (Å²) in [7, 11) is 0. The van der Waals surface area contributed by atoms with E-state index in [0.717, 1.165) is 82.9 Å². The normalized spacial score (nSPS) is 11.6. The van der Waals surface area contributed by atoms with E-state index in [1.807, 2.05) is 66.7 Å². The lowest BCUT2D eigenvalue weighted by atomic mass is 9.96. The maximum absolute atomic E-state index is 6.56. The fraction of sp³-hybridized carbons (Fsp3) is 0. The van der Waals surface area contributed by atoms with Gasteiger partial charge < -0.3 is 4.42 Å². The molecular weight excluding hydrogens is 550 g/mol. The van der Waals surface area contributed by atoms with Gasteiger partial charge in [0.2, 0.25) is 0 Å². The number of furan rings is 1. The van der Waals surface area contributed by atoms with Crippen LogP contribution < -0.4 is 0 Å². The second-order valence-electron chi connectivity index (χ2n) is 11.2. The van der Waals surface area contributed by atoms with Gasteiger partial charge in [-0.15, -0.1) is 0 Å². The van der Waals surface area contributed by atoms with E-state index in [4.69, 9.17) is 19.4 Å². The van der Waals surface area contributed by atoms with Crippen LogP contribution in [0.5, 0.6) is 0 Å². The molecule has 0 N–H and O–H groups in total. The standard InChI is InChI=1S/C41H25N3O/c1-3-12-26(13-4-1)35-25-36(44-41(43-35)27-14-5-2-6-15-27)28-16-11-17-29(24-28)39-38-32(30-18-7-9-20-34(30)42-39)22-23-33-31-19-8-10-21-37(31)45-40(33)38/h1-25H. The third-order valence-electron chi connectivity index (χ3n) is 8.47. The third-order valence-corrected chi connectivity index (χ3v) is 8.47. The first-order valence-corrected chi connectivity index (χ1v) is 15.0. The zero-order chi connectivity index (χ0) is 29.7. The molecule has 0 saturated heterocycles. The summed E-state index contributed by atoms with van der Waals surface area (Å²) in [6.07, 6.45) is 0. The maximum Gasteiger partial charge on any atom is 0.160 e. The summed E-state index contributed by atoms with van der Waals surface area (Å²) >= 11 is 0. The lowest BCUT2D eigenvalue weighted by Gasteiger charge is -2.13. The predicted molar refractivity (Wildman–Crippen MR) is 184 cm³/mol. The van der Waals surface area contributed by atoms with Gasteiger partial charge in [0.15, 0.2) is 5.82 Å². The summed E-state index contributed by atoms with van der Waals surface area (Å²) in [6.45, 7) is 0. The summed E-state index contributed by atoms with van der Waals surface area (Å²) in [5, 5.41) is 5.42. The number of pyridine rings is 1. The molecule has 45 heavy (non-hydrogen) atoms. The topological polar surface area (TPSA) is 51.8 Å². The van der Waals surface area contributed by atoms with E-state index in [1.165, 1.54) is 0 Å². The van der Waals surface area contributed by atoms with Crippen LogP contribution in [0.25, 0.3) is 88.8 Å². The molecule has 0 atom stereocenters. The van der Waals surface area contributed by atoms with E-state index < -0.39 is 0 Å². The van der Waals surface area contributed by atoms with Crippen LogP contribution >= 0.6 is 0 Å². The van der Waals surface area contributed by atoms with Gasteiger partial charge in [0.25, 0.3) is 0 Å². The van der Waals surface area contributed by atoms with Crippen LogP contribution in [0.4, 0.5) is 0 Å². The molecule has 4 heteroatoms. The largest absolute Gasteiger partial charge is 0.455 e. The average molecular weight is 576 g/mol. The van der Waals surface area contributed by atoms with Crippen molar-refractivity contribution >= 4 is 43.6 Å². The number of benzene rings is 6. The maximum atomic E-state index is 6.56. The van der Waals surface area contributed by atoms with E-state index in [-0.39, 0.29) is 0 Å². The summed E-state index contributed by atoms with van der Waals surface area (Å²) in [4.78, 5) is 15.3. The van der Waals surface area contributed by atoms with E-state index in [0.29, 0.717) is 5.82 Å². The molecule has 0 aliphatic carbocycles. The summed E-state index contributed by atoms with van der Waals surface area (Å²) in [5.41, 5.74) is 9.29. The number of hydrogen-bond acceptors (Lipinski definition) is 4. The average Bonchev–Trinajstić information content (AvgIpc) is 3.51. The molecule has 6 aromatic carbocycles. The second-order valence-corrected chi connectivity index (χ2v) is 11.2. The lowest BCUT2D eigenvalue weighted by molar-refractivity contribution is 0.672. The molecule has 3 heterocycles. The minimum atomic E-state index is 0.690. The van der Waals surface area contributed by atoms with Crippen molar-refractivity contribution in [2.75, 3.05) is 0 Å². The Balaban J connectivity index is 1.30. The lowest BCUT2D eigenvalue weighted by Crippen LogP contribution is -1.96. The highest BCUT2D eigenvalue weighted by atomic mass is 16.3. The van der Waals surface area contributed by atoms with Gasteiger partial charge in [-0.25, -0.2) is 15.0 Å². The van der Waals surface area contributed by atoms with Gasteiger partial charge in [-0.05, 0) is 35.7 Å². The van der Waals surface area contributed by atoms with E-state index in [9.17, 15) is 0 Å². The van der Waals surface area contributed by atoms with Gasteiger partial charge in [-0.3, -0.25) is 0 Å². The summed E-state index contributed by atoms with van der Waals surface area (Å²) in [5.74, 6) is 0.690. The van der Waals surface area contributed by atoms with Crippen LogP contribution in [0, 0.1) is 0 Å². The summed E-state index contributed by atoms with van der Waals surface area (Å²) in [6, 6.07) is 51.9. The van der Waals surface area contributed by atoms with Crippen molar-refractivity contribution in [2.45, 2.75) is 0 Å². The molecule has 0 bridgehead atoms. The van der Waals surface area contributed by atoms with Gasteiger partial charge in [-0.2, -0.15) is 0 Å². The highest BCUT2D eigenvalue weighted by Gasteiger charge is 2.18. The van der Waals surface area contributed by atoms with Gasteiger partial charge >= 0.3 is 0 Å². The van der Waals surface area contributed by atoms with Crippen LogP contribution in [0.3, 0.4) is 0 Å². The Morgan fingerprint density at radius 1 is 0.400 bits per heavy atom. The molecule has 210 valence electrons. The number of para-hydroxylation sites is 2. The molecular formula is C41H25N3O. The van der Waals surface area contributed by atoms with Crippen molar-refractivity contribution in [1.29, 1.82) is 0 Å². The van der Waals surface area contributed by atoms with Crippen molar-refractivity contribution in [3.05, 3.63) is 152 Å². The van der Waals surface area contributed by atoms with Gasteiger partial charge in [-0.1, -0.05) is 121 Å². The third kappa shape index (κ3) is 4.27. The molecule has 0 aliphatic heterocycles. The van der Waals surface area contributed by atoms with Crippen molar-refractivity contribution in [3.8, 4) is 45.2 Å². The van der Waals surface area contributed by atoms with Crippen molar-refractivity contribution in [1.82, 2.24) is 15.0 Å². The Bertz CT molecular complexity index is 2480. The minimum absolute atomic E-state index is 0.690. The number of rotatable bonds is 4. The Morgan fingerprint density at radius 3 is 1.84 bits per heavy atom. The van der Waals surface area contributed by atoms with Crippen LogP contribution in [0.1, 0.15) is 0 Å². The fourth-order valence-corrected chi connectivity index (χ4v) is 6.33. The molecule has 0 unspecified atom stereocenters. The Morgan fingerprint density at radius 2 is 1.02 bits per heavy atom. The van der Waals surface area contributed by atoms with Crippen molar-refractivity contribution < 1.29 is 4.42 Å². The number of aromatic nitrogens is 3. The zero-order valence-corrected chi connectivity index (χ0v) is 24.2. The Labute approximate surface area is 259 Å². The molecule has 0 amide bonds. The van der Waals surface area contributed by atoms with Crippen molar-refractivity contribution in [2.24, 2.45) is 0 Å². The molecule has 0 saturated carbocycles. The van der Waals surface area contributed by atoms with E-state index in [1.54, 1.807) is 0 Å². The molecule has 3 aromatic heterocycles. The van der Waals surface area contributed by atoms with E-state index in [2.05, 4.69) is 84.9 Å². The predicted octanol–water partition coefficient (Wildman–Crippen LogP) is 10.7. The highest BCUT2D eigenvalue weighted by molar-refractivity contribution is 6.23. The first kappa shape index (κ1) is 25.4. The van der Waals surface area contributed by atoms with Crippen LogP contribution in [-0.2, 0) is 0 Å². The summed E-state index contributed by atoms with van der Waals surface area (Å²) < 4.78 is 6.56. The molecule has 9 rings (SSSR count). The first-order valence-electron chi connectivity index (χ1n) is 15.0. The molecule has 0 aliphatic rings. The van der Waals surface area contributed by atoms with Crippen LogP contribution in [0.2, 0.25) is 0 Å². The molecule has 0 spiro atoms. The molecule has 0 radical (unpaired) electrons. The number of hydrogen-bond donors (Lipinski definition) is 0. The fourth-order valence-electron chi connectivity index (χ4n) is 6.33.